The van der Waals surface area contributed by atoms with Crippen LogP contribution in [0.2, 0.25) is 0 Å². The molecule has 0 bridgehead atoms. The fourth-order valence-electron chi connectivity index (χ4n) is 3.73. The van der Waals surface area contributed by atoms with Gasteiger partial charge in [-0.1, -0.05) is 49.6 Å². The summed E-state index contributed by atoms with van der Waals surface area (Å²) in [5.41, 5.74) is -0.850. The molecule has 0 radical (unpaired) electrons. The lowest BCUT2D eigenvalue weighted by Gasteiger charge is -2.36. The molecule has 0 amide bonds. The Hall–Kier alpha value is -1.39. The van der Waals surface area contributed by atoms with Crippen LogP contribution in [0.3, 0.4) is 0 Å². The predicted octanol–water partition coefficient (Wildman–Crippen LogP) is 1.92. The van der Waals surface area contributed by atoms with E-state index in [0.29, 0.717) is 12.2 Å². The Labute approximate surface area is 145 Å². The van der Waals surface area contributed by atoms with Crippen molar-refractivity contribution in [1.29, 1.82) is 0 Å². The fraction of sp³-hybridized carbons (Fsp3) is 0.650. The summed E-state index contributed by atoms with van der Waals surface area (Å²) in [5, 5.41) is 11.4. The van der Waals surface area contributed by atoms with E-state index in [1.807, 2.05) is 30.3 Å². The van der Waals surface area contributed by atoms with Crippen molar-refractivity contribution in [1.82, 2.24) is 0 Å². The van der Waals surface area contributed by atoms with Gasteiger partial charge in [-0.2, -0.15) is 0 Å². The molecule has 1 fully saturated rings. The minimum Gasteiger partial charge on any atom is -0.457 e. The van der Waals surface area contributed by atoms with Crippen molar-refractivity contribution in [2.24, 2.45) is 5.92 Å². The monoisotopic (exact) mass is 334 g/mol. The van der Waals surface area contributed by atoms with Crippen LogP contribution in [-0.2, 0) is 15.1 Å². The van der Waals surface area contributed by atoms with E-state index in [2.05, 4.69) is 13.8 Å². The third-order valence-electron chi connectivity index (χ3n) is 5.41. The molecule has 0 aliphatic heterocycles. The van der Waals surface area contributed by atoms with E-state index in [1.165, 1.54) is 11.3 Å². The number of hydrogen-bond acceptors (Lipinski definition) is 3. The zero-order valence-electron chi connectivity index (χ0n) is 15.1. The summed E-state index contributed by atoms with van der Waals surface area (Å²) in [5.74, 6) is -0.533. The van der Waals surface area contributed by atoms with E-state index in [9.17, 15) is 9.90 Å². The Morgan fingerprint density at radius 2 is 1.79 bits per heavy atom. The molecule has 0 spiro atoms. The van der Waals surface area contributed by atoms with Crippen molar-refractivity contribution < 1.29 is 19.5 Å². The molecule has 1 aromatic carbocycles. The highest BCUT2D eigenvalue weighted by atomic mass is 16.5. The van der Waals surface area contributed by atoms with Crippen LogP contribution in [0.1, 0.15) is 51.5 Å². The SMILES string of the molecule is CC[NH+](CC)CCOC(=O)[C@@](O)(c1ccccc1)C1CCCCC1. The Morgan fingerprint density at radius 1 is 1.17 bits per heavy atom. The van der Waals surface area contributed by atoms with Crippen molar-refractivity contribution in [3.05, 3.63) is 35.9 Å². The van der Waals surface area contributed by atoms with Crippen LogP contribution in [0, 0.1) is 5.92 Å². The second-order valence-electron chi connectivity index (χ2n) is 6.81. The molecule has 4 nitrogen and oxygen atoms in total. The molecule has 2 rings (SSSR count). The quantitative estimate of drug-likeness (QED) is 0.714. The van der Waals surface area contributed by atoms with Gasteiger partial charge in [0.15, 0.2) is 5.60 Å². The third-order valence-corrected chi connectivity index (χ3v) is 5.41. The molecule has 1 saturated carbocycles. The summed E-state index contributed by atoms with van der Waals surface area (Å²) in [6.07, 6.45) is 5.07. The van der Waals surface area contributed by atoms with Gasteiger partial charge in [-0.05, 0) is 32.3 Å². The number of ether oxygens (including phenoxy) is 1. The largest absolute Gasteiger partial charge is 0.457 e. The average molecular weight is 334 g/mol. The molecule has 1 aromatic rings. The summed E-state index contributed by atoms with van der Waals surface area (Å²) < 4.78 is 5.54. The molecule has 1 atom stereocenters. The molecule has 1 aliphatic carbocycles. The zero-order chi connectivity index (χ0) is 17.4. The minimum absolute atomic E-state index is 0.0537. The first-order valence-corrected chi connectivity index (χ1v) is 9.41. The lowest BCUT2D eigenvalue weighted by molar-refractivity contribution is -0.896. The second-order valence-corrected chi connectivity index (χ2v) is 6.81. The average Bonchev–Trinajstić information content (AvgIpc) is 2.65. The predicted molar refractivity (Wildman–Crippen MR) is 94.8 cm³/mol. The molecule has 0 aromatic heterocycles. The number of rotatable bonds is 8. The molecule has 134 valence electrons. The van der Waals surface area contributed by atoms with Crippen LogP contribution in [0.25, 0.3) is 0 Å². The maximum atomic E-state index is 12.8. The first-order chi connectivity index (χ1) is 11.6. The van der Waals surface area contributed by atoms with Gasteiger partial charge in [0.2, 0.25) is 0 Å². The molecular formula is C20H32NO3+. The van der Waals surface area contributed by atoms with Gasteiger partial charge in [-0.3, -0.25) is 0 Å². The van der Waals surface area contributed by atoms with Crippen molar-refractivity contribution in [3.63, 3.8) is 0 Å². The number of esters is 1. The summed E-state index contributed by atoms with van der Waals surface area (Å²) in [4.78, 5) is 14.2. The Kier molecular flexibility index (Phi) is 7.25. The summed E-state index contributed by atoms with van der Waals surface area (Å²) >= 11 is 0. The molecule has 0 saturated heterocycles. The first kappa shape index (κ1) is 18.9. The van der Waals surface area contributed by atoms with Gasteiger partial charge in [0.05, 0.1) is 13.1 Å². The maximum Gasteiger partial charge on any atom is 0.343 e. The van der Waals surface area contributed by atoms with E-state index in [4.69, 9.17) is 4.74 Å². The van der Waals surface area contributed by atoms with Gasteiger partial charge < -0.3 is 14.7 Å². The molecule has 4 heteroatoms. The number of likely N-dealkylation sites (N-methyl/N-ethyl adjacent to an activating group) is 1. The van der Waals surface area contributed by atoms with E-state index >= 15 is 0 Å². The second kappa shape index (κ2) is 9.19. The highest BCUT2D eigenvalue weighted by Crippen LogP contribution is 2.40. The smallest absolute Gasteiger partial charge is 0.343 e. The summed E-state index contributed by atoms with van der Waals surface area (Å²) in [6.45, 7) is 7.43. The zero-order valence-corrected chi connectivity index (χ0v) is 15.1. The number of carbonyl (C=O) groups excluding carboxylic acids is 1. The Balaban J connectivity index is 2.11. The van der Waals surface area contributed by atoms with Crippen LogP contribution in [-0.4, -0.2) is 37.3 Å². The van der Waals surface area contributed by atoms with E-state index in [-0.39, 0.29) is 5.92 Å². The highest BCUT2D eigenvalue weighted by Gasteiger charge is 2.47. The standard InChI is InChI=1S/C20H31NO3/c1-3-21(4-2)15-16-24-19(22)20(23,17-11-7-5-8-12-17)18-13-9-6-10-14-18/h5,7-8,11-12,18,23H,3-4,6,9-10,13-16H2,1-2H3/p+1/t20-/m1/s1. The maximum absolute atomic E-state index is 12.8. The lowest BCUT2D eigenvalue weighted by atomic mass is 9.73. The first-order valence-electron chi connectivity index (χ1n) is 9.41. The molecule has 0 heterocycles. The number of hydrogen-bond donors (Lipinski definition) is 2. The number of benzene rings is 1. The van der Waals surface area contributed by atoms with E-state index in [0.717, 1.165) is 45.3 Å². The van der Waals surface area contributed by atoms with Crippen LogP contribution in [0.5, 0.6) is 0 Å². The Morgan fingerprint density at radius 3 is 2.38 bits per heavy atom. The molecule has 24 heavy (non-hydrogen) atoms. The lowest BCUT2D eigenvalue weighted by Crippen LogP contribution is -3.11. The fourth-order valence-corrected chi connectivity index (χ4v) is 3.73. The number of quaternary nitrogens is 1. The van der Waals surface area contributed by atoms with Crippen LogP contribution in [0.15, 0.2) is 30.3 Å². The molecular weight excluding hydrogens is 302 g/mol. The van der Waals surface area contributed by atoms with Crippen LogP contribution in [0.4, 0.5) is 0 Å². The van der Waals surface area contributed by atoms with Crippen molar-refractivity contribution >= 4 is 5.97 Å². The number of carbonyl (C=O) groups is 1. The third kappa shape index (κ3) is 4.37. The van der Waals surface area contributed by atoms with Gasteiger partial charge in [-0.25, -0.2) is 4.79 Å². The highest BCUT2D eigenvalue weighted by molar-refractivity contribution is 5.81. The van der Waals surface area contributed by atoms with E-state index < -0.39 is 11.6 Å². The van der Waals surface area contributed by atoms with Crippen molar-refractivity contribution in [2.75, 3.05) is 26.2 Å². The van der Waals surface area contributed by atoms with Gasteiger partial charge in [0.1, 0.15) is 13.2 Å². The van der Waals surface area contributed by atoms with E-state index in [1.54, 1.807) is 0 Å². The number of aliphatic hydroxyl groups is 1. The normalized spacial score (nSPS) is 18.3. The van der Waals surface area contributed by atoms with Crippen LogP contribution < -0.4 is 4.90 Å². The van der Waals surface area contributed by atoms with Gasteiger partial charge >= 0.3 is 5.97 Å². The molecule has 1 aliphatic rings. The van der Waals surface area contributed by atoms with Gasteiger partial charge in [0, 0.05) is 5.92 Å². The van der Waals surface area contributed by atoms with Crippen LogP contribution >= 0.6 is 0 Å². The Bertz CT molecular complexity index is 495. The van der Waals surface area contributed by atoms with Crippen molar-refractivity contribution in [2.45, 2.75) is 51.6 Å². The van der Waals surface area contributed by atoms with Gasteiger partial charge in [-0.15, -0.1) is 0 Å². The summed E-state index contributed by atoms with van der Waals surface area (Å²) in [7, 11) is 0. The molecule has 2 N–H and O–H groups in total. The van der Waals surface area contributed by atoms with Gasteiger partial charge in [0.25, 0.3) is 0 Å². The minimum atomic E-state index is -1.51. The topological polar surface area (TPSA) is 51.0 Å². The van der Waals surface area contributed by atoms with Crippen molar-refractivity contribution in [3.8, 4) is 0 Å². The summed E-state index contributed by atoms with van der Waals surface area (Å²) in [6, 6.07) is 9.32. The molecule has 0 unspecified atom stereocenters. The number of nitrogens with one attached hydrogen (secondary N) is 1.